The molecule has 0 bridgehead atoms. The van der Waals surface area contributed by atoms with Gasteiger partial charge in [0, 0.05) is 12.6 Å². The minimum Gasteiger partial charge on any atom is -0.508 e. The van der Waals surface area contributed by atoms with Gasteiger partial charge in [-0.15, -0.1) is 0 Å². The van der Waals surface area contributed by atoms with Gasteiger partial charge in [-0.05, 0) is 37.0 Å². The number of carbonyl (C=O) groups is 2. The first-order valence-electron chi connectivity index (χ1n) is 7.01. The van der Waals surface area contributed by atoms with Gasteiger partial charge in [0.25, 0.3) is 0 Å². The molecule has 0 spiro atoms. The quantitative estimate of drug-likeness (QED) is 0.854. The normalized spacial score (nSPS) is 22.1. The number of hydrogen-bond acceptors (Lipinski definition) is 3. The average Bonchev–Trinajstić information content (AvgIpc) is 3.17. The Balaban J connectivity index is 1.55. The number of carbonyl (C=O) groups excluding carboxylic acids is 2. The largest absolute Gasteiger partial charge is 0.508 e. The van der Waals surface area contributed by atoms with Crippen LogP contribution in [-0.2, 0) is 16.0 Å². The van der Waals surface area contributed by atoms with E-state index in [0.29, 0.717) is 12.5 Å². The number of likely N-dealkylation sites (tertiary alicyclic amines) is 1. The van der Waals surface area contributed by atoms with Crippen LogP contribution < -0.4 is 5.32 Å². The Hall–Kier alpha value is -2.04. The number of phenols is 1. The molecule has 1 saturated heterocycles. The Morgan fingerprint density at radius 1 is 1.35 bits per heavy atom. The van der Waals surface area contributed by atoms with E-state index in [1.165, 1.54) is 0 Å². The summed E-state index contributed by atoms with van der Waals surface area (Å²) in [6.45, 7) is 0.751. The molecule has 3 rings (SSSR count). The fourth-order valence-corrected chi connectivity index (χ4v) is 2.68. The van der Waals surface area contributed by atoms with Gasteiger partial charge < -0.3 is 15.3 Å². The van der Waals surface area contributed by atoms with Crippen LogP contribution in [-0.4, -0.2) is 40.4 Å². The molecule has 0 aromatic heterocycles. The van der Waals surface area contributed by atoms with E-state index in [9.17, 15) is 14.7 Å². The lowest BCUT2D eigenvalue weighted by Gasteiger charge is -2.16. The fraction of sp³-hybridized carbons (Fsp3) is 0.467. The van der Waals surface area contributed by atoms with Crippen molar-refractivity contribution in [3.63, 3.8) is 0 Å². The van der Waals surface area contributed by atoms with E-state index in [1.54, 1.807) is 24.3 Å². The highest BCUT2D eigenvalue weighted by atomic mass is 16.3. The number of rotatable bonds is 4. The molecule has 1 aliphatic carbocycles. The van der Waals surface area contributed by atoms with E-state index >= 15 is 0 Å². The molecule has 0 radical (unpaired) electrons. The van der Waals surface area contributed by atoms with Crippen molar-refractivity contribution >= 4 is 11.8 Å². The average molecular weight is 274 g/mol. The summed E-state index contributed by atoms with van der Waals surface area (Å²) >= 11 is 0. The van der Waals surface area contributed by atoms with Gasteiger partial charge in [-0.2, -0.15) is 0 Å². The molecule has 1 saturated carbocycles. The molecule has 0 unspecified atom stereocenters. The third kappa shape index (κ3) is 2.76. The zero-order chi connectivity index (χ0) is 14.1. The Bertz CT molecular complexity index is 540. The number of phenolic OH excluding ortho intramolecular Hbond substituents is 1. The molecule has 1 aliphatic heterocycles. The summed E-state index contributed by atoms with van der Waals surface area (Å²) in [6, 6.07) is 6.65. The molecule has 2 N–H and O–H groups in total. The van der Waals surface area contributed by atoms with Gasteiger partial charge in [-0.1, -0.05) is 12.1 Å². The Labute approximate surface area is 117 Å². The van der Waals surface area contributed by atoms with E-state index in [0.717, 1.165) is 24.9 Å². The van der Waals surface area contributed by atoms with Gasteiger partial charge in [0.05, 0.1) is 6.42 Å². The van der Waals surface area contributed by atoms with Crippen molar-refractivity contribution in [1.29, 1.82) is 0 Å². The first kappa shape index (κ1) is 13.0. The molecule has 106 valence electrons. The molecule has 2 aliphatic rings. The minimum absolute atomic E-state index is 0.0526. The number of nitrogens with one attached hydrogen (secondary N) is 1. The molecule has 2 fully saturated rings. The van der Waals surface area contributed by atoms with Gasteiger partial charge in [-0.3, -0.25) is 9.59 Å². The maximum absolute atomic E-state index is 12.1. The standard InChI is InChI=1S/C15H18N2O3/c18-12-3-1-2-10(8-12)9-14(19)16-13-6-7-17(15(13)20)11-4-5-11/h1-3,8,11,13,18H,4-7,9H2,(H,16,19)/t13-/m1/s1. The fourth-order valence-electron chi connectivity index (χ4n) is 2.68. The van der Waals surface area contributed by atoms with Crippen molar-refractivity contribution in [2.45, 2.75) is 37.8 Å². The van der Waals surface area contributed by atoms with E-state index < -0.39 is 0 Å². The highest BCUT2D eigenvalue weighted by Gasteiger charge is 2.40. The number of nitrogens with zero attached hydrogens (tertiary/aromatic N) is 1. The van der Waals surface area contributed by atoms with E-state index in [1.807, 2.05) is 4.90 Å². The number of hydrogen-bond donors (Lipinski definition) is 2. The first-order chi connectivity index (χ1) is 9.63. The molecular formula is C15H18N2O3. The van der Waals surface area contributed by atoms with Crippen LogP contribution in [0.15, 0.2) is 24.3 Å². The third-order valence-electron chi connectivity index (χ3n) is 3.84. The lowest BCUT2D eigenvalue weighted by Crippen LogP contribution is -2.42. The summed E-state index contributed by atoms with van der Waals surface area (Å²) < 4.78 is 0. The maximum Gasteiger partial charge on any atom is 0.245 e. The Kier molecular flexibility index (Phi) is 3.34. The van der Waals surface area contributed by atoms with Crippen LogP contribution in [0.3, 0.4) is 0 Å². The summed E-state index contributed by atoms with van der Waals surface area (Å²) in [7, 11) is 0. The highest BCUT2D eigenvalue weighted by Crippen LogP contribution is 2.30. The second kappa shape index (κ2) is 5.15. The lowest BCUT2D eigenvalue weighted by molar-refractivity contribution is -0.132. The van der Waals surface area contributed by atoms with Gasteiger partial charge in [0.1, 0.15) is 11.8 Å². The van der Waals surface area contributed by atoms with Crippen molar-refractivity contribution in [2.75, 3.05) is 6.54 Å². The van der Waals surface area contributed by atoms with E-state index in [-0.39, 0.29) is 30.0 Å². The lowest BCUT2D eigenvalue weighted by atomic mass is 10.1. The molecule has 5 heteroatoms. The molecule has 2 amide bonds. The predicted octanol–water partition coefficient (Wildman–Crippen LogP) is 0.814. The van der Waals surface area contributed by atoms with Gasteiger partial charge in [-0.25, -0.2) is 0 Å². The van der Waals surface area contributed by atoms with Crippen LogP contribution in [0.5, 0.6) is 5.75 Å². The van der Waals surface area contributed by atoms with E-state index in [2.05, 4.69) is 5.32 Å². The number of benzene rings is 1. The van der Waals surface area contributed by atoms with Crippen molar-refractivity contribution in [1.82, 2.24) is 10.2 Å². The first-order valence-corrected chi connectivity index (χ1v) is 7.01. The smallest absolute Gasteiger partial charge is 0.245 e. The van der Waals surface area contributed by atoms with Gasteiger partial charge in [0.2, 0.25) is 11.8 Å². The molecule has 5 nitrogen and oxygen atoms in total. The number of aromatic hydroxyl groups is 1. The number of amides is 2. The molecule has 20 heavy (non-hydrogen) atoms. The van der Waals surface area contributed by atoms with E-state index in [4.69, 9.17) is 0 Å². The maximum atomic E-state index is 12.1. The van der Waals surface area contributed by atoms with Crippen LogP contribution in [0.25, 0.3) is 0 Å². The molecule has 1 aromatic rings. The topological polar surface area (TPSA) is 69.6 Å². The zero-order valence-corrected chi connectivity index (χ0v) is 11.2. The second-order valence-corrected chi connectivity index (χ2v) is 5.52. The summed E-state index contributed by atoms with van der Waals surface area (Å²) in [5.41, 5.74) is 0.743. The summed E-state index contributed by atoms with van der Waals surface area (Å²) in [4.78, 5) is 25.9. The molecule has 1 aromatic carbocycles. The monoisotopic (exact) mass is 274 g/mol. The van der Waals surface area contributed by atoms with Gasteiger partial charge in [0.15, 0.2) is 0 Å². The van der Waals surface area contributed by atoms with Crippen LogP contribution in [0, 0.1) is 0 Å². The summed E-state index contributed by atoms with van der Waals surface area (Å²) in [6.07, 6.45) is 3.06. The van der Waals surface area contributed by atoms with Crippen molar-refractivity contribution in [3.05, 3.63) is 29.8 Å². The van der Waals surface area contributed by atoms with Crippen molar-refractivity contribution < 1.29 is 14.7 Å². The van der Waals surface area contributed by atoms with Crippen molar-refractivity contribution in [3.8, 4) is 5.75 Å². The molecular weight excluding hydrogens is 256 g/mol. The minimum atomic E-state index is -0.375. The van der Waals surface area contributed by atoms with Crippen LogP contribution in [0.1, 0.15) is 24.8 Å². The Morgan fingerprint density at radius 2 is 2.15 bits per heavy atom. The van der Waals surface area contributed by atoms with Gasteiger partial charge >= 0.3 is 0 Å². The second-order valence-electron chi connectivity index (χ2n) is 5.52. The SMILES string of the molecule is O=C(Cc1cccc(O)c1)N[C@@H]1CCN(C2CC2)C1=O. The van der Waals surface area contributed by atoms with Crippen LogP contribution in [0.2, 0.25) is 0 Å². The van der Waals surface area contributed by atoms with Crippen molar-refractivity contribution in [2.24, 2.45) is 0 Å². The Morgan fingerprint density at radius 3 is 2.85 bits per heavy atom. The molecule has 1 heterocycles. The highest BCUT2D eigenvalue weighted by molar-refractivity contribution is 5.90. The predicted molar refractivity (Wildman–Crippen MR) is 73.1 cm³/mol. The summed E-state index contributed by atoms with van der Waals surface area (Å²) in [5.74, 6) is 0.0236. The molecule has 1 atom stereocenters. The van der Waals surface area contributed by atoms with Crippen LogP contribution in [0.4, 0.5) is 0 Å². The van der Waals surface area contributed by atoms with Crippen LogP contribution >= 0.6 is 0 Å². The third-order valence-corrected chi connectivity index (χ3v) is 3.84. The summed E-state index contributed by atoms with van der Waals surface area (Å²) in [5, 5.41) is 12.2. The zero-order valence-electron chi connectivity index (χ0n) is 11.2.